The van der Waals surface area contributed by atoms with Crippen molar-refractivity contribution in [3.05, 3.63) is 96.1 Å². The van der Waals surface area contributed by atoms with Gasteiger partial charge in [0.1, 0.15) is 5.69 Å². The van der Waals surface area contributed by atoms with Crippen molar-refractivity contribution >= 4 is 11.8 Å². The Hall–Kier alpha value is -3.54. The van der Waals surface area contributed by atoms with Crippen LogP contribution < -0.4 is 5.32 Å². The minimum absolute atomic E-state index is 0.0921. The summed E-state index contributed by atoms with van der Waals surface area (Å²) in [7, 11) is 0. The lowest BCUT2D eigenvalue weighted by Crippen LogP contribution is -2.37. The molecule has 6 heteroatoms. The number of carbonyl (C=O) groups excluding carboxylic acids is 2. The van der Waals surface area contributed by atoms with E-state index in [1.54, 1.807) is 4.90 Å². The minimum Gasteiger partial charge on any atom is -0.352 e. The van der Waals surface area contributed by atoms with Crippen molar-refractivity contribution in [2.24, 2.45) is 0 Å². The van der Waals surface area contributed by atoms with Crippen LogP contribution in [0.25, 0.3) is 0 Å². The lowest BCUT2D eigenvalue weighted by molar-refractivity contribution is -0.121. The molecular formula is C23H24N4O2. The van der Waals surface area contributed by atoms with E-state index in [0.717, 1.165) is 11.1 Å². The van der Waals surface area contributed by atoms with Crippen LogP contribution in [0, 0.1) is 0 Å². The number of nitrogens with one attached hydrogen (secondary N) is 1. The molecule has 0 aliphatic rings. The van der Waals surface area contributed by atoms with Crippen LogP contribution >= 0.6 is 0 Å². The van der Waals surface area contributed by atoms with Crippen molar-refractivity contribution < 1.29 is 9.59 Å². The van der Waals surface area contributed by atoms with E-state index in [1.807, 2.05) is 60.7 Å². The molecule has 0 fully saturated rings. The van der Waals surface area contributed by atoms with Crippen LogP contribution in [0.3, 0.4) is 0 Å². The van der Waals surface area contributed by atoms with Crippen LogP contribution in [0.15, 0.2) is 79.3 Å². The quantitative estimate of drug-likeness (QED) is 0.612. The van der Waals surface area contributed by atoms with E-state index in [0.29, 0.717) is 26.1 Å². The van der Waals surface area contributed by atoms with Crippen LogP contribution in [-0.2, 0) is 17.8 Å². The Bertz CT molecular complexity index is 902. The average Bonchev–Trinajstić information content (AvgIpc) is 2.79. The topological polar surface area (TPSA) is 75.2 Å². The SMILES string of the molecule is O=C(CCN(CCc1ccccc1)C(=O)c1cnccn1)NCc1ccccc1. The number of hydrogen-bond donors (Lipinski definition) is 1. The molecule has 0 atom stereocenters. The zero-order valence-corrected chi connectivity index (χ0v) is 16.2. The Labute approximate surface area is 170 Å². The highest BCUT2D eigenvalue weighted by Crippen LogP contribution is 2.06. The monoisotopic (exact) mass is 388 g/mol. The van der Waals surface area contributed by atoms with Gasteiger partial charge in [0, 0.05) is 38.4 Å². The number of benzene rings is 2. The van der Waals surface area contributed by atoms with Crippen LogP contribution in [0.2, 0.25) is 0 Å². The zero-order chi connectivity index (χ0) is 20.3. The maximum absolute atomic E-state index is 12.8. The Balaban J connectivity index is 1.58. The molecule has 0 aliphatic carbocycles. The summed E-state index contributed by atoms with van der Waals surface area (Å²) in [6.45, 7) is 1.30. The predicted octanol–water partition coefficient (Wildman–Crippen LogP) is 2.87. The highest BCUT2D eigenvalue weighted by Gasteiger charge is 2.18. The maximum Gasteiger partial charge on any atom is 0.274 e. The second-order valence-electron chi connectivity index (χ2n) is 6.63. The fraction of sp³-hybridized carbons (Fsp3) is 0.217. The summed E-state index contributed by atoms with van der Waals surface area (Å²) >= 11 is 0. The number of hydrogen-bond acceptors (Lipinski definition) is 4. The smallest absolute Gasteiger partial charge is 0.274 e. The van der Waals surface area contributed by atoms with Gasteiger partial charge in [0.05, 0.1) is 6.20 Å². The molecule has 0 aliphatic heterocycles. The summed E-state index contributed by atoms with van der Waals surface area (Å²) in [6.07, 6.45) is 5.41. The third kappa shape index (κ3) is 6.53. The van der Waals surface area contributed by atoms with Crippen molar-refractivity contribution in [3.63, 3.8) is 0 Å². The molecule has 0 saturated heterocycles. The van der Waals surface area contributed by atoms with E-state index in [2.05, 4.69) is 15.3 Å². The first-order valence-corrected chi connectivity index (χ1v) is 9.62. The molecule has 1 N–H and O–H groups in total. The standard InChI is InChI=1S/C23H24N4O2/c28-22(26-17-20-9-5-2-6-10-20)12-16-27(15-11-19-7-3-1-4-8-19)23(29)21-18-24-13-14-25-21/h1-10,13-14,18H,11-12,15-17H2,(H,26,28). The molecular weight excluding hydrogens is 364 g/mol. The fourth-order valence-corrected chi connectivity index (χ4v) is 2.92. The van der Waals surface area contributed by atoms with Crippen LogP contribution in [0.5, 0.6) is 0 Å². The predicted molar refractivity (Wildman–Crippen MR) is 111 cm³/mol. The van der Waals surface area contributed by atoms with Crippen molar-refractivity contribution in [1.29, 1.82) is 0 Å². The zero-order valence-electron chi connectivity index (χ0n) is 16.2. The molecule has 6 nitrogen and oxygen atoms in total. The van der Waals surface area contributed by atoms with Gasteiger partial charge in [-0.15, -0.1) is 0 Å². The van der Waals surface area contributed by atoms with Crippen molar-refractivity contribution in [2.75, 3.05) is 13.1 Å². The molecule has 0 saturated carbocycles. The lowest BCUT2D eigenvalue weighted by atomic mass is 10.1. The molecule has 3 aromatic rings. The summed E-state index contributed by atoms with van der Waals surface area (Å²) in [4.78, 5) is 34.9. The van der Waals surface area contributed by atoms with Gasteiger partial charge in [-0.1, -0.05) is 60.7 Å². The molecule has 2 aromatic carbocycles. The molecule has 3 rings (SSSR count). The van der Waals surface area contributed by atoms with Gasteiger partial charge in [0.2, 0.25) is 5.91 Å². The summed E-state index contributed by atoms with van der Waals surface area (Å²) in [6, 6.07) is 19.7. The van der Waals surface area contributed by atoms with Crippen molar-refractivity contribution in [1.82, 2.24) is 20.2 Å². The van der Waals surface area contributed by atoms with Gasteiger partial charge < -0.3 is 10.2 Å². The molecule has 1 heterocycles. The largest absolute Gasteiger partial charge is 0.352 e. The van der Waals surface area contributed by atoms with Gasteiger partial charge >= 0.3 is 0 Å². The average molecular weight is 388 g/mol. The van der Waals surface area contributed by atoms with Crippen LogP contribution in [0.1, 0.15) is 28.0 Å². The lowest BCUT2D eigenvalue weighted by Gasteiger charge is -2.22. The van der Waals surface area contributed by atoms with E-state index in [-0.39, 0.29) is 23.9 Å². The van der Waals surface area contributed by atoms with E-state index < -0.39 is 0 Å². The molecule has 0 bridgehead atoms. The highest BCUT2D eigenvalue weighted by atomic mass is 16.2. The first-order valence-electron chi connectivity index (χ1n) is 9.62. The molecule has 29 heavy (non-hydrogen) atoms. The van der Waals surface area contributed by atoms with Crippen LogP contribution in [-0.4, -0.2) is 39.8 Å². The van der Waals surface area contributed by atoms with Crippen molar-refractivity contribution in [3.8, 4) is 0 Å². The summed E-state index contributed by atoms with van der Waals surface area (Å²) < 4.78 is 0. The molecule has 2 amide bonds. The van der Waals surface area contributed by atoms with Gasteiger partial charge in [-0.2, -0.15) is 0 Å². The van der Waals surface area contributed by atoms with Gasteiger partial charge in [-0.05, 0) is 17.5 Å². The van der Waals surface area contributed by atoms with E-state index >= 15 is 0 Å². The Morgan fingerprint density at radius 3 is 2.21 bits per heavy atom. The Kier molecular flexibility index (Phi) is 7.46. The number of aromatic nitrogens is 2. The third-order valence-corrected chi connectivity index (χ3v) is 4.52. The molecule has 0 spiro atoms. The molecule has 1 aromatic heterocycles. The highest BCUT2D eigenvalue weighted by molar-refractivity contribution is 5.92. The number of nitrogens with zero attached hydrogens (tertiary/aromatic N) is 3. The van der Waals surface area contributed by atoms with E-state index in [9.17, 15) is 9.59 Å². The maximum atomic E-state index is 12.8. The van der Waals surface area contributed by atoms with E-state index in [1.165, 1.54) is 18.6 Å². The number of amides is 2. The minimum atomic E-state index is -0.218. The van der Waals surface area contributed by atoms with Gasteiger partial charge in [-0.25, -0.2) is 4.98 Å². The molecule has 148 valence electrons. The Morgan fingerprint density at radius 1 is 0.862 bits per heavy atom. The van der Waals surface area contributed by atoms with Gasteiger partial charge in [-0.3, -0.25) is 14.6 Å². The van der Waals surface area contributed by atoms with Gasteiger partial charge in [0.15, 0.2) is 0 Å². The second kappa shape index (κ2) is 10.7. The first kappa shape index (κ1) is 20.2. The first-order chi connectivity index (χ1) is 14.2. The van der Waals surface area contributed by atoms with Crippen LogP contribution in [0.4, 0.5) is 0 Å². The summed E-state index contributed by atoms with van der Waals surface area (Å²) in [5.41, 5.74) is 2.46. The number of carbonyl (C=O) groups is 2. The van der Waals surface area contributed by atoms with Gasteiger partial charge in [0.25, 0.3) is 5.91 Å². The fourth-order valence-electron chi connectivity index (χ4n) is 2.92. The second-order valence-corrected chi connectivity index (χ2v) is 6.63. The van der Waals surface area contributed by atoms with E-state index in [4.69, 9.17) is 0 Å². The Morgan fingerprint density at radius 2 is 1.55 bits per heavy atom. The third-order valence-electron chi connectivity index (χ3n) is 4.52. The summed E-state index contributed by atoms with van der Waals surface area (Å²) in [5, 5.41) is 2.90. The normalized spacial score (nSPS) is 10.3. The van der Waals surface area contributed by atoms with Crippen molar-refractivity contribution in [2.45, 2.75) is 19.4 Å². The summed E-state index contributed by atoms with van der Waals surface area (Å²) in [5.74, 6) is -0.310. The number of rotatable bonds is 9. The molecule has 0 unspecified atom stereocenters. The molecule has 0 radical (unpaired) electrons.